The van der Waals surface area contributed by atoms with Crippen LogP contribution in [0.3, 0.4) is 0 Å². The number of anilines is 1. The van der Waals surface area contributed by atoms with Crippen LogP contribution in [0.15, 0.2) is 23.1 Å². The molecule has 6 heteroatoms. The number of sulfonamides is 1. The molecule has 1 aromatic carbocycles. The largest absolute Gasteiger partial charge is 0.495 e. The molecular weight excluding hydrogens is 276 g/mol. The van der Waals surface area contributed by atoms with E-state index < -0.39 is 10.0 Å². The SMILES string of the molecule is CCC(C)CN(CC)S(=O)(=O)c1ccc(N)cc1OC. The van der Waals surface area contributed by atoms with E-state index in [9.17, 15) is 8.42 Å². The third-order valence-corrected chi connectivity index (χ3v) is 5.35. The number of hydrogen-bond acceptors (Lipinski definition) is 4. The summed E-state index contributed by atoms with van der Waals surface area (Å²) in [6.45, 7) is 6.86. The maximum absolute atomic E-state index is 12.7. The van der Waals surface area contributed by atoms with E-state index >= 15 is 0 Å². The molecule has 0 fully saturated rings. The number of nitrogens with two attached hydrogens (primary N) is 1. The van der Waals surface area contributed by atoms with Gasteiger partial charge in [-0.3, -0.25) is 0 Å². The summed E-state index contributed by atoms with van der Waals surface area (Å²) >= 11 is 0. The van der Waals surface area contributed by atoms with Crippen molar-refractivity contribution in [1.82, 2.24) is 4.31 Å². The van der Waals surface area contributed by atoms with Crippen molar-refractivity contribution in [2.75, 3.05) is 25.9 Å². The van der Waals surface area contributed by atoms with E-state index in [0.29, 0.717) is 24.7 Å². The summed E-state index contributed by atoms with van der Waals surface area (Å²) in [6.07, 6.45) is 0.935. The topological polar surface area (TPSA) is 72.6 Å². The van der Waals surface area contributed by atoms with Crippen molar-refractivity contribution >= 4 is 15.7 Å². The van der Waals surface area contributed by atoms with Crippen LogP contribution in [-0.2, 0) is 10.0 Å². The lowest BCUT2D eigenvalue weighted by Gasteiger charge is -2.24. The number of nitrogen functional groups attached to an aromatic ring is 1. The van der Waals surface area contributed by atoms with Crippen molar-refractivity contribution in [3.05, 3.63) is 18.2 Å². The lowest BCUT2D eigenvalue weighted by atomic mass is 10.1. The number of rotatable bonds is 7. The summed E-state index contributed by atoms with van der Waals surface area (Å²) in [4.78, 5) is 0.166. The second-order valence-electron chi connectivity index (χ2n) is 4.88. The zero-order valence-electron chi connectivity index (χ0n) is 12.6. The Balaban J connectivity index is 3.20. The first-order valence-corrected chi connectivity index (χ1v) is 8.24. The Morgan fingerprint density at radius 2 is 2.00 bits per heavy atom. The molecule has 0 saturated heterocycles. The zero-order valence-corrected chi connectivity index (χ0v) is 13.4. The Labute approximate surface area is 121 Å². The smallest absolute Gasteiger partial charge is 0.246 e. The zero-order chi connectivity index (χ0) is 15.3. The van der Waals surface area contributed by atoms with Crippen molar-refractivity contribution < 1.29 is 13.2 Å². The third kappa shape index (κ3) is 3.64. The van der Waals surface area contributed by atoms with Gasteiger partial charge in [0.15, 0.2) is 0 Å². The van der Waals surface area contributed by atoms with Gasteiger partial charge in [-0.25, -0.2) is 8.42 Å². The molecular formula is C14H24N2O3S. The van der Waals surface area contributed by atoms with Crippen LogP contribution in [0.2, 0.25) is 0 Å². The first kappa shape index (κ1) is 16.8. The van der Waals surface area contributed by atoms with Gasteiger partial charge in [-0.15, -0.1) is 0 Å². The van der Waals surface area contributed by atoms with E-state index in [1.165, 1.54) is 23.5 Å². The Morgan fingerprint density at radius 1 is 1.35 bits per heavy atom. The van der Waals surface area contributed by atoms with Gasteiger partial charge in [0.1, 0.15) is 10.6 Å². The Hall–Kier alpha value is -1.27. The molecule has 0 aliphatic heterocycles. The van der Waals surface area contributed by atoms with Crippen LogP contribution in [0, 0.1) is 5.92 Å². The van der Waals surface area contributed by atoms with Gasteiger partial charge in [-0.1, -0.05) is 27.2 Å². The molecule has 1 atom stereocenters. The van der Waals surface area contributed by atoms with Crippen LogP contribution in [0.25, 0.3) is 0 Å². The molecule has 0 saturated carbocycles. The minimum Gasteiger partial charge on any atom is -0.495 e. The first-order valence-electron chi connectivity index (χ1n) is 6.80. The molecule has 0 bridgehead atoms. The fourth-order valence-electron chi connectivity index (χ4n) is 1.91. The fraction of sp³-hybridized carbons (Fsp3) is 0.571. The van der Waals surface area contributed by atoms with E-state index in [1.54, 1.807) is 6.07 Å². The molecule has 1 unspecified atom stereocenters. The predicted octanol–water partition coefficient (Wildman–Crippen LogP) is 2.33. The molecule has 0 aliphatic rings. The molecule has 0 amide bonds. The Morgan fingerprint density at radius 3 is 2.50 bits per heavy atom. The minimum atomic E-state index is -3.56. The van der Waals surface area contributed by atoms with Gasteiger partial charge in [-0.2, -0.15) is 4.31 Å². The van der Waals surface area contributed by atoms with E-state index in [4.69, 9.17) is 10.5 Å². The van der Waals surface area contributed by atoms with Crippen LogP contribution in [-0.4, -0.2) is 32.9 Å². The fourth-order valence-corrected chi connectivity index (χ4v) is 3.62. The van der Waals surface area contributed by atoms with Gasteiger partial charge >= 0.3 is 0 Å². The van der Waals surface area contributed by atoms with E-state index in [0.717, 1.165) is 6.42 Å². The highest BCUT2D eigenvalue weighted by molar-refractivity contribution is 7.89. The quantitative estimate of drug-likeness (QED) is 0.784. The molecule has 114 valence electrons. The van der Waals surface area contributed by atoms with Crippen LogP contribution < -0.4 is 10.5 Å². The minimum absolute atomic E-state index is 0.166. The van der Waals surface area contributed by atoms with Gasteiger partial charge in [0.2, 0.25) is 10.0 Å². The summed E-state index contributed by atoms with van der Waals surface area (Å²) < 4.78 is 32.1. The van der Waals surface area contributed by atoms with Crippen molar-refractivity contribution in [3.8, 4) is 5.75 Å². The average Bonchev–Trinajstić information content (AvgIpc) is 2.43. The van der Waals surface area contributed by atoms with Crippen LogP contribution in [0.1, 0.15) is 27.2 Å². The van der Waals surface area contributed by atoms with Gasteiger partial charge in [0, 0.05) is 24.8 Å². The van der Waals surface area contributed by atoms with Gasteiger partial charge in [0.25, 0.3) is 0 Å². The highest BCUT2D eigenvalue weighted by Gasteiger charge is 2.27. The number of nitrogens with zero attached hydrogens (tertiary/aromatic N) is 1. The highest BCUT2D eigenvalue weighted by Crippen LogP contribution is 2.29. The number of benzene rings is 1. The summed E-state index contributed by atoms with van der Waals surface area (Å²) in [7, 11) is -2.12. The molecule has 0 spiro atoms. The molecule has 0 aliphatic carbocycles. The van der Waals surface area contributed by atoms with Crippen LogP contribution in [0.4, 0.5) is 5.69 Å². The molecule has 0 radical (unpaired) electrons. The molecule has 1 rings (SSSR count). The second kappa shape index (κ2) is 6.95. The van der Waals surface area contributed by atoms with Crippen LogP contribution >= 0.6 is 0 Å². The first-order chi connectivity index (χ1) is 9.36. The number of ether oxygens (including phenoxy) is 1. The number of hydrogen-bond donors (Lipinski definition) is 1. The lowest BCUT2D eigenvalue weighted by Crippen LogP contribution is -2.34. The van der Waals surface area contributed by atoms with Gasteiger partial charge in [-0.05, 0) is 18.1 Å². The summed E-state index contributed by atoms with van der Waals surface area (Å²) in [5.74, 6) is 0.595. The predicted molar refractivity (Wildman–Crippen MR) is 81.3 cm³/mol. The maximum Gasteiger partial charge on any atom is 0.246 e. The number of methoxy groups -OCH3 is 1. The molecule has 1 aromatic rings. The Kier molecular flexibility index (Phi) is 5.83. The van der Waals surface area contributed by atoms with E-state index in [2.05, 4.69) is 6.92 Å². The lowest BCUT2D eigenvalue weighted by molar-refractivity contribution is 0.356. The molecule has 0 heterocycles. The maximum atomic E-state index is 12.7. The van der Waals surface area contributed by atoms with Gasteiger partial charge in [0.05, 0.1) is 7.11 Å². The standard InChI is InChI=1S/C14H24N2O3S/c1-5-11(3)10-16(6-2)20(17,18)14-8-7-12(15)9-13(14)19-4/h7-9,11H,5-6,10,15H2,1-4H3. The van der Waals surface area contributed by atoms with Crippen molar-refractivity contribution in [2.45, 2.75) is 32.1 Å². The van der Waals surface area contributed by atoms with Crippen molar-refractivity contribution in [3.63, 3.8) is 0 Å². The molecule has 0 aromatic heterocycles. The molecule has 2 N–H and O–H groups in total. The highest BCUT2D eigenvalue weighted by atomic mass is 32.2. The van der Waals surface area contributed by atoms with Gasteiger partial charge < -0.3 is 10.5 Å². The van der Waals surface area contributed by atoms with Crippen molar-refractivity contribution in [2.24, 2.45) is 5.92 Å². The van der Waals surface area contributed by atoms with E-state index in [1.807, 2.05) is 13.8 Å². The van der Waals surface area contributed by atoms with E-state index in [-0.39, 0.29) is 10.6 Å². The average molecular weight is 300 g/mol. The summed E-state index contributed by atoms with van der Waals surface area (Å²) in [5.41, 5.74) is 6.15. The summed E-state index contributed by atoms with van der Waals surface area (Å²) in [6, 6.07) is 4.61. The third-order valence-electron chi connectivity index (χ3n) is 3.37. The van der Waals surface area contributed by atoms with Crippen molar-refractivity contribution in [1.29, 1.82) is 0 Å². The molecule has 20 heavy (non-hydrogen) atoms. The van der Waals surface area contributed by atoms with Crippen LogP contribution in [0.5, 0.6) is 5.75 Å². The monoisotopic (exact) mass is 300 g/mol. The second-order valence-corrected chi connectivity index (χ2v) is 6.79. The summed E-state index contributed by atoms with van der Waals surface area (Å²) in [5, 5.41) is 0. The normalized spacial score (nSPS) is 13.4. The molecule has 5 nitrogen and oxygen atoms in total. The Bertz CT molecular complexity index is 543.